The molecule has 0 saturated carbocycles. The summed E-state index contributed by atoms with van der Waals surface area (Å²) in [6.07, 6.45) is 2.98. The van der Waals surface area contributed by atoms with Gasteiger partial charge in [0.1, 0.15) is 17.2 Å². The summed E-state index contributed by atoms with van der Waals surface area (Å²) in [5.74, 6) is -1.97. The predicted molar refractivity (Wildman–Crippen MR) is 69.1 cm³/mol. The maximum atomic E-state index is 13.5. The van der Waals surface area contributed by atoms with Crippen LogP contribution in [0.25, 0.3) is 16.6 Å². The Morgan fingerprint density at radius 3 is 2.79 bits per heavy atom. The lowest BCUT2D eigenvalue weighted by atomic mass is 10.1. The zero-order chi connectivity index (χ0) is 12.9. The first kappa shape index (κ1) is 13.0. The Labute approximate surface area is 112 Å². The van der Waals surface area contributed by atoms with Crippen LogP contribution in [0.2, 0.25) is 0 Å². The number of imidazole rings is 1. The van der Waals surface area contributed by atoms with Gasteiger partial charge in [-0.2, -0.15) is 0 Å². The highest BCUT2D eigenvalue weighted by Gasteiger charge is 2.15. The summed E-state index contributed by atoms with van der Waals surface area (Å²) in [5.41, 5.74) is 6.56. The van der Waals surface area contributed by atoms with Gasteiger partial charge in [-0.3, -0.25) is 4.40 Å². The number of aromatic nitrogens is 3. The number of halogens is 2. The molecule has 1 aromatic carbocycles. The van der Waals surface area contributed by atoms with Crippen LogP contribution in [0.1, 0.15) is 10.4 Å². The van der Waals surface area contributed by atoms with Gasteiger partial charge in [-0.15, -0.1) is 12.4 Å². The second-order valence-corrected chi connectivity index (χ2v) is 3.77. The van der Waals surface area contributed by atoms with Crippen LogP contribution in [0.3, 0.4) is 0 Å². The number of hydrogen-bond donors (Lipinski definition) is 2. The highest BCUT2D eigenvalue weighted by Crippen LogP contribution is 2.22. The van der Waals surface area contributed by atoms with Gasteiger partial charge in [0.05, 0.1) is 29.1 Å². The number of rotatable bonds is 1. The Kier molecular flexibility index (Phi) is 2.99. The number of carboxylic acids is 1. The Balaban J connectivity index is 0.00000133. The van der Waals surface area contributed by atoms with Crippen LogP contribution in [-0.4, -0.2) is 25.4 Å². The van der Waals surface area contributed by atoms with Crippen molar-refractivity contribution in [2.75, 3.05) is 5.73 Å². The molecule has 8 heteroatoms. The van der Waals surface area contributed by atoms with Gasteiger partial charge in [-0.1, -0.05) is 0 Å². The van der Waals surface area contributed by atoms with Gasteiger partial charge in [0.25, 0.3) is 0 Å². The monoisotopic (exact) mass is 282 g/mol. The number of carbonyl (C=O) groups is 1. The minimum absolute atomic E-state index is 0. The van der Waals surface area contributed by atoms with Crippen molar-refractivity contribution in [3.8, 4) is 0 Å². The molecule has 0 fully saturated rings. The lowest BCUT2D eigenvalue weighted by molar-refractivity contribution is 0.0692. The quantitative estimate of drug-likeness (QED) is 0.709. The van der Waals surface area contributed by atoms with Crippen molar-refractivity contribution < 1.29 is 14.3 Å². The summed E-state index contributed by atoms with van der Waals surface area (Å²) in [6.45, 7) is 0. The predicted octanol–water partition coefficient (Wildman–Crippen LogP) is 1.72. The zero-order valence-corrected chi connectivity index (χ0v) is 10.2. The van der Waals surface area contributed by atoms with Crippen LogP contribution in [-0.2, 0) is 0 Å². The minimum Gasteiger partial charge on any atom is -0.478 e. The van der Waals surface area contributed by atoms with E-state index in [4.69, 9.17) is 10.8 Å². The highest BCUT2D eigenvalue weighted by molar-refractivity contribution is 5.94. The van der Waals surface area contributed by atoms with Crippen molar-refractivity contribution >= 4 is 40.7 Å². The zero-order valence-electron chi connectivity index (χ0n) is 9.37. The lowest BCUT2D eigenvalue weighted by Gasteiger charge is -2.06. The topological polar surface area (TPSA) is 93.5 Å². The van der Waals surface area contributed by atoms with Crippen LogP contribution in [0.15, 0.2) is 24.7 Å². The van der Waals surface area contributed by atoms with Crippen molar-refractivity contribution in [2.24, 2.45) is 0 Å². The molecule has 0 spiro atoms. The van der Waals surface area contributed by atoms with Crippen molar-refractivity contribution in [3.63, 3.8) is 0 Å². The molecule has 0 atom stereocenters. The number of nitrogen functional groups attached to an aromatic ring is 1. The SMILES string of the molecule is Cl.Nc1nc2cc(F)c(C(=O)O)cc2n2cncc12. The molecule has 0 amide bonds. The van der Waals surface area contributed by atoms with E-state index in [1.807, 2.05) is 0 Å². The third-order valence-corrected chi connectivity index (χ3v) is 2.70. The van der Waals surface area contributed by atoms with Gasteiger partial charge in [-0.05, 0) is 6.07 Å². The maximum Gasteiger partial charge on any atom is 0.338 e. The molecular formula is C11H8ClFN4O2. The Bertz CT molecular complexity index is 802. The van der Waals surface area contributed by atoms with Crippen LogP contribution in [0.4, 0.5) is 10.2 Å². The van der Waals surface area contributed by atoms with Gasteiger partial charge < -0.3 is 10.8 Å². The third-order valence-electron chi connectivity index (χ3n) is 2.70. The first-order valence-electron chi connectivity index (χ1n) is 5.02. The van der Waals surface area contributed by atoms with E-state index in [0.717, 1.165) is 6.07 Å². The first-order chi connectivity index (χ1) is 8.58. The van der Waals surface area contributed by atoms with Gasteiger partial charge >= 0.3 is 5.97 Å². The molecule has 0 aliphatic rings. The minimum atomic E-state index is -1.33. The van der Waals surface area contributed by atoms with E-state index in [1.54, 1.807) is 4.40 Å². The molecule has 2 aromatic heterocycles. The van der Waals surface area contributed by atoms with Gasteiger partial charge in [0.2, 0.25) is 0 Å². The van der Waals surface area contributed by atoms with E-state index in [2.05, 4.69) is 9.97 Å². The highest BCUT2D eigenvalue weighted by atomic mass is 35.5. The molecule has 0 bridgehead atoms. The number of anilines is 1. The second-order valence-electron chi connectivity index (χ2n) is 3.77. The van der Waals surface area contributed by atoms with Gasteiger partial charge in [-0.25, -0.2) is 19.2 Å². The first-order valence-corrected chi connectivity index (χ1v) is 5.02. The summed E-state index contributed by atoms with van der Waals surface area (Å²) in [4.78, 5) is 18.8. The molecule has 0 saturated heterocycles. The van der Waals surface area contributed by atoms with E-state index in [9.17, 15) is 9.18 Å². The molecule has 0 aliphatic carbocycles. The van der Waals surface area contributed by atoms with Crippen molar-refractivity contribution in [1.29, 1.82) is 0 Å². The largest absolute Gasteiger partial charge is 0.478 e. The summed E-state index contributed by atoms with van der Waals surface area (Å²) < 4.78 is 15.1. The third kappa shape index (κ3) is 1.84. The molecule has 98 valence electrons. The molecule has 0 unspecified atom stereocenters. The average Bonchev–Trinajstić information content (AvgIpc) is 2.77. The summed E-state index contributed by atoms with van der Waals surface area (Å²) in [7, 11) is 0. The number of nitrogens with two attached hydrogens (primary N) is 1. The summed E-state index contributed by atoms with van der Waals surface area (Å²) >= 11 is 0. The second kappa shape index (κ2) is 4.36. The molecule has 0 radical (unpaired) electrons. The Morgan fingerprint density at radius 1 is 1.37 bits per heavy atom. The Morgan fingerprint density at radius 2 is 2.11 bits per heavy atom. The number of aromatic carboxylic acids is 1. The van der Waals surface area contributed by atoms with Crippen LogP contribution in [0, 0.1) is 5.82 Å². The number of benzene rings is 1. The number of fused-ring (bicyclic) bond motifs is 3. The molecule has 3 N–H and O–H groups in total. The molecule has 6 nitrogen and oxygen atoms in total. The number of hydrogen-bond acceptors (Lipinski definition) is 4. The number of nitrogens with zero attached hydrogens (tertiary/aromatic N) is 3. The van der Waals surface area contributed by atoms with Crippen molar-refractivity contribution in [3.05, 3.63) is 36.0 Å². The molecule has 3 rings (SSSR count). The standard InChI is InChI=1S/C11H7FN4O2.ClH/c12-6-2-7-8(1-5(6)11(17)18)16-4-14-3-9(16)10(13)15-7;/h1-4H,(H2,13,15)(H,17,18);1H. The fourth-order valence-corrected chi connectivity index (χ4v) is 1.86. The summed E-state index contributed by atoms with van der Waals surface area (Å²) in [6, 6.07) is 2.27. The molecule has 3 aromatic rings. The van der Waals surface area contributed by atoms with E-state index in [0.29, 0.717) is 11.0 Å². The van der Waals surface area contributed by atoms with E-state index >= 15 is 0 Å². The average molecular weight is 283 g/mol. The Hall–Kier alpha value is -2.41. The van der Waals surface area contributed by atoms with Crippen LogP contribution >= 0.6 is 12.4 Å². The van der Waals surface area contributed by atoms with E-state index in [-0.39, 0.29) is 23.7 Å². The van der Waals surface area contributed by atoms with Crippen LogP contribution < -0.4 is 5.73 Å². The number of carboxylic acid groups (broad SMARTS) is 1. The molecule has 2 heterocycles. The molecule has 19 heavy (non-hydrogen) atoms. The summed E-state index contributed by atoms with van der Waals surface area (Å²) in [5, 5.41) is 8.89. The molecular weight excluding hydrogens is 275 g/mol. The van der Waals surface area contributed by atoms with Gasteiger partial charge in [0.15, 0.2) is 0 Å². The smallest absolute Gasteiger partial charge is 0.338 e. The maximum absolute atomic E-state index is 13.5. The van der Waals surface area contributed by atoms with Crippen molar-refractivity contribution in [2.45, 2.75) is 0 Å². The normalized spacial score (nSPS) is 10.6. The van der Waals surface area contributed by atoms with E-state index < -0.39 is 17.3 Å². The van der Waals surface area contributed by atoms with Crippen LogP contribution in [0.5, 0.6) is 0 Å². The molecule has 0 aliphatic heterocycles. The lowest BCUT2D eigenvalue weighted by Crippen LogP contribution is -2.04. The van der Waals surface area contributed by atoms with Crippen molar-refractivity contribution in [1.82, 2.24) is 14.4 Å². The van der Waals surface area contributed by atoms with E-state index in [1.165, 1.54) is 18.6 Å². The fourth-order valence-electron chi connectivity index (χ4n) is 1.86. The fraction of sp³-hybridized carbons (Fsp3) is 0. The van der Waals surface area contributed by atoms with Gasteiger partial charge in [0, 0.05) is 6.07 Å².